The van der Waals surface area contributed by atoms with E-state index in [0.29, 0.717) is 49.6 Å². The quantitative estimate of drug-likeness (QED) is 0.113. The average molecular weight is 703 g/mol. The van der Waals surface area contributed by atoms with Crippen LogP contribution < -0.4 is 10.6 Å². The molecule has 0 bridgehead atoms. The van der Waals surface area contributed by atoms with E-state index in [1.807, 2.05) is 18.3 Å². The summed E-state index contributed by atoms with van der Waals surface area (Å²) >= 11 is 0. The van der Waals surface area contributed by atoms with E-state index >= 15 is 0 Å². The van der Waals surface area contributed by atoms with Gasteiger partial charge >= 0.3 is 6.03 Å². The van der Waals surface area contributed by atoms with Gasteiger partial charge in [0, 0.05) is 35.6 Å². The lowest BCUT2D eigenvalue weighted by Crippen LogP contribution is -2.52. The number of H-pyrrole nitrogens is 1. The van der Waals surface area contributed by atoms with Crippen LogP contribution in [0.3, 0.4) is 0 Å². The predicted octanol–water partition coefficient (Wildman–Crippen LogP) is 8.49. The molecule has 8 rings (SSSR count). The maximum absolute atomic E-state index is 13.1. The number of hydrogen-bond donors (Lipinski definition) is 5. The third-order valence-electron chi connectivity index (χ3n) is 13.8. The van der Waals surface area contributed by atoms with E-state index in [1.165, 1.54) is 49.7 Å². The molecule has 5 atom stereocenters. The van der Waals surface area contributed by atoms with Crippen LogP contribution >= 0.6 is 0 Å². The van der Waals surface area contributed by atoms with Gasteiger partial charge in [-0.2, -0.15) is 0 Å². The molecule has 274 valence electrons. The van der Waals surface area contributed by atoms with Crippen molar-refractivity contribution in [3.63, 3.8) is 0 Å². The molecule has 1 aliphatic heterocycles. The van der Waals surface area contributed by atoms with E-state index in [1.54, 1.807) is 4.90 Å². The molecule has 8 heteroatoms. The van der Waals surface area contributed by atoms with Crippen molar-refractivity contribution in [1.29, 1.82) is 0 Å². The zero-order valence-corrected chi connectivity index (χ0v) is 31.0. The highest BCUT2D eigenvalue weighted by molar-refractivity contribution is 6.11. The minimum absolute atomic E-state index is 0.0461. The number of benzene rings is 3. The fraction of sp³-hybridized carbons (Fsp3) is 0.500. The maximum Gasteiger partial charge on any atom is 0.321 e. The second-order valence-electron chi connectivity index (χ2n) is 16.5. The molecule has 1 aromatic heterocycles. The maximum atomic E-state index is 13.1. The van der Waals surface area contributed by atoms with Crippen LogP contribution in [0.4, 0.5) is 4.79 Å². The normalized spacial score (nSPS) is 26.2. The highest BCUT2D eigenvalue weighted by atomic mass is 16.3. The van der Waals surface area contributed by atoms with Crippen LogP contribution in [0.5, 0.6) is 5.75 Å². The smallest absolute Gasteiger partial charge is 0.321 e. The number of rotatable bonds is 9. The summed E-state index contributed by atoms with van der Waals surface area (Å²) in [5.41, 5.74) is 8.59. The van der Waals surface area contributed by atoms with Crippen molar-refractivity contribution < 1.29 is 19.8 Å². The second kappa shape index (κ2) is 13.6. The number of unbranched alkanes of at least 4 members (excludes halogenated alkanes) is 3. The zero-order valence-electron chi connectivity index (χ0n) is 31.0. The fourth-order valence-electron chi connectivity index (χ4n) is 10.9. The Hall–Kier alpha value is -4.30. The molecule has 2 heterocycles. The molecule has 0 radical (unpaired) electrons. The number of carbonyl (C=O) groups is 2. The molecule has 2 fully saturated rings. The number of aromatic nitrogens is 1. The van der Waals surface area contributed by atoms with E-state index in [0.717, 1.165) is 63.3 Å². The van der Waals surface area contributed by atoms with E-state index in [-0.39, 0.29) is 23.8 Å². The molecular weight excluding hydrogens is 649 g/mol. The Morgan fingerprint density at radius 2 is 1.75 bits per heavy atom. The van der Waals surface area contributed by atoms with Crippen LogP contribution in [-0.2, 0) is 17.8 Å². The minimum Gasteiger partial charge on any atom is -0.508 e. The number of aromatic amines is 1. The number of urea groups is 1. The minimum atomic E-state index is -0.966. The number of aryl methyl sites for hydroxylation is 3. The number of phenolic OH excluding ortho intramolecular Hbond substituents is 1. The van der Waals surface area contributed by atoms with Gasteiger partial charge < -0.3 is 25.8 Å². The Labute approximate surface area is 307 Å². The highest BCUT2D eigenvalue weighted by Crippen LogP contribution is 2.65. The molecule has 4 aliphatic rings. The average Bonchev–Trinajstić information content (AvgIpc) is 3.66. The molecule has 3 aliphatic carbocycles. The van der Waals surface area contributed by atoms with Gasteiger partial charge in [-0.05, 0) is 146 Å². The molecule has 4 aromatic rings. The number of amides is 3. The lowest BCUT2D eigenvalue weighted by atomic mass is 9.53. The lowest BCUT2D eigenvalue weighted by molar-refractivity contribution is -0.139. The van der Waals surface area contributed by atoms with Crippen LogP contribution in [0.15, 0.2) is 48.7 Å². The van der Waals surface area contributed by atoms with Crippen LogP contribution in [0.25, 0.3) is 27.9 Å². The van der Waals surface area contributed by atoms with Crippen molar-refractivity contribution in [3.8, 4) is 5.75 Å². The third-order valence-corrected chi connectivity index (χ3v) is 13.8. The van der Waals surface area contributed by atoms with Crippen molar-refractivity contribution in [2.24, 2.45) is 17.3 Å². The Kier molecular flexibility index (Phi) is 9.09. The van der Waals surface area contributed by atoms with Crippen LogP contribution in [0.2, 0.25) is 0 Å². The summed E-state index contributed by atoms with van der Waals surface area (Å²) in [5.74, 6) is 1.72. The van der Waals surface area contributed by atoms with Gasteiger partial charge in [0.25, 0.3) is 0 Å². The van der Waals surface area contributed by atoms with Crippen molar-refractivity contribution in [1.82, 2.24) is 20.5 Å². The second-order valence-corrected chi connectivity index (χ2v) is 16.5. The first-order valence-corrected chi connectivity index (χ1v) is 19.6. The number of nitrogens with zero attached hydrogens (tertiary/aromatic N) is 1. The first-order chi connectivity index (χ1) is 25.1. The first-order valence-electron chi connectivity index (χ1n) is 19.6. The molecule has 52 heavy (non-hydrogen) atoms. The molecule has 3 aromatic carbocycles. The lowest BCUT2D eigenvalue weighted by Gasteiger charge is -2.53. The van der Waals surface area contributed by atoms with Crippen molar-refractivity contribution >= 4 is 39.8 Å². The molecule has 8 nitrogen and oxygen atoms in total. The molecule has 0 unspecified atom stereocenters. The molecular formula is C44H54N4O4. The van der Waals surface area contributed by atoms with Gasteiger partial charge in [-0.15, -0.1) is 0 Å². The molecule has 0 spiro atoms. The molecule has 5 N–H and O–H groups in total. The summed E-state index contributed by atoms with van der Waals surface area (Å²) in [5, 5.41) is 30.7. The van der Waals surface area contributed by atoms with Gasteiger partial charge in [-0.3, -0.25) is 9.69 Å². The Balaban J connectivity index is 0.761. The van der Waals surface area contributed by atoms with Crippen molar-refractivity contribution in [2.45, 2.75) is 109 Å². The van der Waals surface area contributed by atoms with Gasteiger partial charge in [0.15, 0.2) is 0 Å². The van der Waals surface area contributed by atoms with Crippen molar-refractivity contribution in [2.75, 3.05) is 13.1 Å². The number of fused-ring (bicyclic) bond motifs is 9. The van der Waals surface area contributed by atoms with Gasteiger partial charge in [-0.25, -0.2) is 4.79 Å². The Morgan fingerprint density at radius 1 is 0.962 bits per heavy atom. The summed E-state index contributed by atoms with van der Waals surface area (Å²) in [6.07, 6.45) is 13.5. The monoisotopic (exact) mass is 702 g/mol. The largest absolute Gasteiger partial charge is 0.508 e. The number of aliphatic hydroxyl groups is 1. The number of hydrogen-bond acceptors (Lipinski definition) is 4. The van der Waals surface area contributed by atoms with Crippen LogP contribution in [0.1, 0.15) is 110 Å². The SMILES string of the molecule is Cc1c2c(c(C)c3c1[nH]c1ccccc13)CN(C(=O)NCCCCCCNC(=O)C[C@]1(O)CC[C@H]3[C@@H]4CCc5cc(O)ccc5[C@H]4CC[C@@]31C)C=C2. The fourth-order valence-corrected chi connectivity index (χ4v) is 10.9. The number of aromatic hydroxyl groups is 1. The molecule has 0 saturated heterocycles. The summed E-state index contributed by atoms with van der Waals surface area (Å²) in [4.78, 5) is 31.6. The number of carbonyl (C=O) groups excluding carboxylic acids is 2. The van der Waals surface area contributed by atoms with E-state index < -0.39 is 5.60 Å². The zero-order chi connectivity index (χ0) is 36.2. The first kappa shape index (κ1) is 34.8. The van der Waals surface area contributed by atoms with Gasteiger partial charge in [-0.1, -0.05) is 44.0 Å². The highest BCUT2D eigenvalue weighted by Gasteiger charge is 2.61. The molecule has 2 saturated carbocycles. The van der Waals surface area contributed by atoms with E-state index in [2.05, 4.69) is 72.8 Å². The molecule has 3 amide bonds. The number of phenols is 1. The standard InChI is InChI=1S/C44H54N4O4/c1-27-36-26-48(23-18-31(36)28(2)41-40(27)35-10-6-7-11-38(35)47-41)42(51)46-22-9-5-4-8-21-45-39(50)25-44(52)20-17-37-34-14-12-29-24-30(49)13-15-32(29)33(34)16-19-43(37,44)3/h6-7,10-11,13,15,18,23-24,33-34,37,47,49,52H,4-5,8-9,12,14,16-17,19-22,25-26H2,1-3H3,(H,45,50)(H,46,51)/t33-,34-,37+,43+,44-/m1/s1. The van der Waals surface area contributed by atoms with Crippen LogP contribution in [-0.4, -0.2) is 50.7 Å². The van der Waals surface area contributed by atoms with E-state index in [4.69, 9.17) is 0 Å². The number of para-hydroxylation sites is 1. The summed E-state index contributed by atoms with van der Waals surface area (Å²) in [6.45, 7) is 8.34. The van der Waals surface area contributed by atoms with Gasteiger partial charge in [0.05, 0.1) is 24.1 Å². The predicted molar refractivity (Wildman–Crippen MR) is 207 cm³/mol. The third kappa shape index (κ3) is 5.87. The summed E-state index contributed by atoms with van der Waals surface area (Å²) in [6, 6.07) is 14.2. The van der Waals surface area contributed by atoms with Crippen molar-refractivity contribution in [3.05, 3.63) is 82.0 Å². The summed E-state index contributed by atoms with van der Waals surface area (Å²) in [7, 11) is 0. The summed E-state index contributed by atoms with van der Waals surface area (Å²) < 4.78 is 0. The van der Waals surface area contributed by atoms with Gasteiger partial charge in [0.2, 0.25) is 5.91 Å². The topological polar surface area (TPSA) is 118 Å². The Morgan fingerprint density at radius 3 is 2.58 bits per heavy atom. The van der Waals surface area contributed by atoms with Crippen LogP contribution in [0, 0.1) is 31.1 Å². The Bertz CT molecular complexity index is 2070. The van der Waals surface area contributed by atoms with Gasteiger partial charge in [0.1, 0.15) is 5.75 Å². The number of nitrogens with one attached hydrogen (secondary N) is 3. The van der Waals surface area contributed by atoms with E-state index in [9.17, 15) is 19.8 Å².